The van der Waals surface area contributed by atoms with Crippen molar-refractivity contribution in [3.05, 3.63) is 42.7 Å². The van der Waals surface area contributed by atoms with Crippen molar-refractivity contribution in [1.82, 2.24) is 24.4 Å². The van der Waals surface area contributed by atoms with Crippen molar-refractivity contribution < 1.29 is 0 Å². The van der Waals surface area contributed by atoms with Crippen molar-refractivity contribution >= 4 is 17.3 Å². The van der Waals surface area contributed by atoms with Crippen LogP contribution in [0, 0.1) is 22.7 Å². The minimum Gasteiger partial charge on any atom is -0.404 e. The summed E-state index contributed by atoms with van der Waals surface area (Å²) in [5, 5.41) is 18.0. The Balaban J connectivity index is 1.45. The fourth-order valence-electron chi connectivity index (χ4n) is 4.81. The summed E-state index contributed by atoms with van der Waals surface area (Å²) in [5.74, 6) is 0.252. The highest BCUT2D eigenvalue weighted by molar-refractivity contribution is 6.09. The van der Waals surface area contributed by atoms with Gasteiger partial charge in [-0.05, 0) is 37.2 Å². The molecule has 0 saturated heterocycles. The third-order valence-electron chi connectivity index (χ3n) is 6.26. The van der Waals surface area contributed by atoms with Crippen LogP contribution < -0.4 is 5.73 Å². The summed E-state index contributed by atoms with van der Waals surface area (Å²) in [4.78, 5) is 8.90. The molecule has 3 aromatic rings. The van der Waals surface area contributed by atoms with Gasteiger partial charge in [0.15, 0.2) is 0 Å². The molecule has 2 fully saturated rings. The van der Waals surface area contributed by atoms with Crippen molar-refractivity contribution in [2.24, 2.45) is 22.1 Å². The number of allylic oxidation sites excluding steroid dienone is 1. The Morgan fingerprint density at radius 2 is 2.14 bits per heavy atom. The molecular formula is C21H22N8. The maximum atomic E-state index is 9.03. The largest absolute Gasteiger partial charge is 0.404 e. The third kappa shape index (κ3) is 2.81. The summed E-state index contributed by atoms with van der Waals surface area (Å²) < 4.78 is 3.85. The Morgan fingerprint density at radius 1 is 1.31 bits per heavy atom. The Hall–Kier alpha value is -3.47. The number of nitrogens with zero attached hydrogens (tertiary/aromatic N) is 7. The van der Waals surface area contributed by atoms with Crippen molar-refractivity contribution in [1.29, 1.82) is 5.26 Å². The molecule has 2 aliphatic carbocycles. The predicted molar refractivity (Wildman–Crippen MR) is 110 cm³/mol. The van der Waals surface area contributed by atoms with E-state index in [0.717, 1.165) is 48.0 Å². The van der Waals surface area contributed by atoms with Crippen LogP contribution in [0.3, 0.4) is 0 Å². The smallest absolute Gasteiger partial charge is 0.0999 e. The number of aromatic nitrogens is 5. The van der Waals surface area contributed by atoms with Crippen LogP contribution in [0.2, 0.25) is 0 Å². The second-order valence-corrected chi connectivity index (χ2v) is 8.15. The molecule has 2 saturated carbocycles. The molecule has 3 aromatic heterocycles. The first kappa shape index (κ1) is 17.6. The average molecular weight is 386 g/mol. The number of aliphatic imine (C=N–C) groups is 1. The molecule has 2 aliphatic rings. The van der Waals surface area contributed by atoms with Gasteiger partial charge in [0.1, 0.15) is 0 Å². The molecule has 0 radical (unpaired) electrons. The van der Waals surface area contributed by atoms with Crippen LogP contribution in [0.15, 0.2) is 42.0 Å². The Labute approximate surface area is 168 Å². The van der Waals surface area contributed by atoms with Gasteiger partial charge in [-0.25, -0.2) is 9.50 Å². The molecule has 3 heterocycles. The molecule has 1 spiro atoms. The van der Waals surface area contributed by atoms with E-state index < -0.39 is 0 Å². The molecule has 0 atom stereocenters. The summed E-state index contributed by atoms with van der Waals surface area (Å²) in [6.45, 7) is 0. The van der Waals surface area contributed by atoms with Crippen molar-refractivity contribution in [2.45, 2.75) is 31.7 Å². The number of fused-ring (bicyclic) bond motifs is 1. The minimum atomic E-state index is 0.252. The highest BCUT2D eigenvalue weighted by Gasteiger charge is 2.53. The van der Waals surface area contributed by atoms with Crippen LogP contribution in [0.4, 0.5) is 0 Å². The summed E-state index contributed by atoms with van der Waals surface area (Å²) in [6, 6.07) is 4.73. The van der Waals surface area contributed by atoms with E-state index in [9.17, 15) is 0 Å². The zero-order chi connectivity index (χ0) is 20.0. The maximum absolute atomic E-state index is 9.03. The van der Waals surface area contributed by atoms with Gasteiger partial charge in [-0.15, -0.1) is 0 Å². The lowest BCUT2D eigenvalue weighted by Gasteiger charge is -2.56. The summed E-state index contributed by atoms with van der Waals surface area (Å²) >= 11 is 0. The fourth-order valence-corrected chi connectivity index (χ4v) is 4.81. The molecule has 0 amide bonds. The monoisotopic (exact) mass is 386 g/mol. The number of hydrogen-bond acceptors (Lipinski definition) is 6. The second kappa shape index (κ2) is 6.55. The molecule has 0 unspecified atom stereocenters. The lowest BCUT2D eigenvalue weighted by atomic mass is 9.50. The summed E-state index contributed by atoms with van der Waals surface area (Å²) in [6.07, 6.45) is 15.0. The van der Waals surface area contributed by atoms with Crippen LogP contribution in [0.5, 0.6) is 0 Å². The number of rotatable bonds is 4. The van der Waals surface area contributed by atoms with Crippen molar-refractivity contribution in [3.8, 4) is 17.3 Å². The van der Waals surface area contributed by atoms with Gasteiger partial charge in [-0.1, -0.05) is 0 Å². The number of nitriles is 1. The zero-order valence-electron chi connectivity index (χ0n) is 16.2. The van der Waals surface area contributed by atoms with Gasteiger partial charge in [-0.2, -0.15) is 15.5 Å². The Kier molecular flexibility index (Phi) is 3.98. The quantitative estimate of drug-likeness (QED) is 0.693. The van der Waals surface area contributed by atoms with Gasteiger partial charge in [0, 0.05) is 42.7 Å². The van der Waals surface area contributed by atoms with Gasteiger partial charge in [-0.3, -0.25) is 9.67 Å². The molecule has 8 heteroatoms. The SMILES string of the molecule is CN=CC(=CN)c1cn2nccc2c(-c2cnn(C3CC4(CC(C#N)C4)C3)c2)n1. The minimum absolute atomic E-state index is 0.252. The molecule has 0 aromatic carbocycles. The van der Waals surface area contributed by atoms with E-state index >= 15 is 0 Å². The molecular weight excluding hydrogens is 364 g/mol. The van der Waals surface area contributed by atoms with Crippen molar-refractivity contribution in [2.75, 3.05) is 7.05 Å². The van der Waals surface area contributed by atoms with Gasteiger partial charge in [0.25, 0.3) is 0 Å². The lowest BCUT2D eigenvalue weighted by molar-refractivity contribution is -0.0470. The molecule has 5 rings (SSSR count). The first-order chi connectivity index (χ1) is 14.1. The number of hydrogen-bond donors (Lipinski definition) is 1. The molecule has 0 aliphatic heterocycles. The normalized spacial score (nSPS) is 26.6. The molecule has 29 heavy (non-hydrogen) atoms. The lowest BCUT2D eigenvalue weighted by Crippen LogP contribution is -2.47. The van der Waals surface area contributed by atoms with E-state index in [2.05, 4.69) is 32.1 Å². The highest BCUT2D eigenvalue weighted by Crippen LogP contribution is 2.62. The van der Waals surface area contributed by atoms with Gasteiger partial charge in [0.2, 0.25) is 0 Å². The maximum Gasteiger partial charge on any atom is 0.0999 e. The summed E-state index contributed by atoms with van der Waals surface area (Å²) in [5.41, 5.74) is 10.3. The standard InChI is InChI=1S/C21H22N8/c1-24-10-15(9-23)18-13-29-19(2-3-25-29)20(27-18)16-11-26-28(12-16)17-6-21(7-17)4-14(5-21)8-22/h2-3,9-14,17H,4-7,23H2,1H3. The predicted octanol–water partition coefficient (Wildman–Crippen LogP) is 2.85. The van der Waals surface area contributed by atoms with Crippen LogP contribution in [-0.2, 0) is 0 Å². The molecule has 2 N–H and O–H groups in total. The van der Waals surface area contributed by atoms with E-state index in [1.54, 1.807) is 24.0 Å². The van der Waals surface area contributed by atoms with E-state index in [1.165, 1.54) is 6.20 Å². The van der Waals surface area contributed by atoms with Crippen LogP contribution >= 0.6 is 0 Å². The fraction of sp³-hybridized carbons (Fsp3) is 0.381. The molecule has 8 nitrogen and oxygen atoms in total. The van der Waals surface area contributed by atoms with Crippen LogP contribution in [-0.4, -0.2) is 37.6 Å². The van der Waals surface area contributed by atoms with Crippen LogP contribution in [0.25, 0.3) is 22.3 Å². The topological polar surface area (TPSA) is 110 Å². The molecule has 146 valence electrons. The third-order valence-corrected chi connectivity index (χ3v) is 6.26. The van der Waals surface area contributed by atoms with E-state index in [-0.39, 0.29) is 5.92 Å². The van der Waals surface area contributed by atoms with Gasteiger partial charge in [0.05, 0.1) is 47.6 Å². The zero-order valence-corrected chi connectivity index (χ0v) is 16.2. The molecule has 0 bridgehead atoms. The second-order valence-electron chi connectivity index (χ2n) is 8.15. The first-order valence-corrected chi connectivity index (χ1v) is 9.78. The van der Waals surface area contributed by atoms with Gasteiger partial charge >= 0.3 is 0 Å². The Morgan fingerprint density at radius 3 is 2.86 bits per heavy atom. The van der Waals surface area contributed by atoms with E-state index in [4.69, 9.17) is 16.0 Å². The highest BCUT2D eigenvalue weighted by atomic mass is 15.3. The van der Waals surface area contributed by atoms with Gasteiger partial charge < -0.3 is 5.73 Å². The Bertz CT molecular complexity index is 1160. The first-order valence-electron chi connectivity index (χ1n) is 9.78. The van der Waals surface area contributed by atoms with E-state index in [0.29, 0.717) is 17.2 Å². The van der Waals surface area contributed by atoms with Crippen molar-refractivity contribution in [3.63, 3.8) is 0 Å². The number of nitrogens with two attached hydrogens (primary N) is 1. The average Bonchev–Trinajstić information content (AvgIpc) is 3.33. The van der Waals surface area contributed by atoms with Crippen LogP contribution in [0.1, 0.15) is 37.4 Å². The van der Waals surface area contributed by atoms with E-state index in [1.807, 2.05) is 18.5 Å². The summed E-state index contributed by atoms with van der Waals surface area (Å²) in [7, 11) is 1.70.